The van der Waals surface area contributed by atoms with Gasteiger partial charge < -0.3 is 10.2 Å². The van der Waals surface area contributed by atoms with Crippen molar-refractivity contribution in [2.75, 3.05) is 32.4 Å². The van der Waals surface area contributed by atoms with Gasteiger partial charge in [-0.05, 0) is 50.0 Å². The Bertz CT molecular complexity index is 661. The number of hydrogen-bond donors (Lipinski definition) is 1. The second-order valence-corrected chi connectivity index (χ2v) is 7.45. The Kier molecular flexibility index (Phi) is 7.49. The molecule has 0 aromatic heterocycles. The molecule has 0 aliphatic carbocycles. The highest BCUT2D eigenvalue weighted by Crippen LogP contribution is 2.22. The molecule has 26 heavy (non-hydrogen) atoms. The maximum Gasteiger partial charge on any atom is 0.289 e. The lowest BCUT2D eigenvalue weighted by molar-refractivity contribution is -0.125. The second-order valence-electron chi connectivity index (χ2n) is 6.53. The third-order valence-electron chi connectivity index (χ3n) is 4.75. The lowest BCUT2D eigenvalue weighted by Gasteiger charge is -2.32. The summed E-state index contributed by atoms with van der Waals surface area (Å²) in [5.74, 6) is 0.695. The molecule has 2 aliphatic rings. The summed E-state index contributed by atoms with van der Waals surface area (Å²) in [4.78, 5) is 39.4. The highest BCUT2D eigenvalue weighted by Gasteiger charge is 2.30. The molecule has 1 N–H and O–H groups in total. The molecule has 2 fully saturated rings. The highest BCUT2D eigenvalue weighted by molar-refractivity contribution is 8.14. The van der Waals surface area contributed by atoms with Crippen LogP contribution >= 0.6 is 24.2 Å². The normalized spacial score (nSPS) is 18.2. The Hall–Kier alpha value is -1.57. The monoisotopic (exact) mass is 397 g/mol. The standard InChI is InChI=1S/C18H23N3O3S.ClH/c1-19-10-13-5-7-20(8-6-13)17(23)15-4-2-3-14(9-15)11-21-16(22)12-25-18(21)24;/h2-4,9,13,19H,5-8,10-12H2,1H3;1H. The van der Waals surface area contributed by atoms with Crippen LogP contribution in [0.3, 0.4) is 0 Å². The first kappa shape index (κ1) is 20.7. The zero-order valence-corrected chi connectivity index (χ0v) is 16.4. The molecule has 8 heteroatoms. The van der Waals surface area contributed by atoms with Gasteiger partial charge in [0.15, 0.2) is 0 Å². The van der Waals surface area contributed by atoms with Crippen LogP contribution in [0.25, 0.3) is 0 Å². The van der Waals surface area contributed by atoms with E-state index in [2.05, 4.69) is 5.32 Å². The molecule has 3 rings (SSSR count). The summed E-state index contributed by atoms with van der Waals surface area (Å²) in [5, 5.41) is 2.98. The fourth-order valence-electron chi connectivity index (χ4n) is 3.33. The van der Waals surface area contributed by atoms with Crippen molar-refractivity contribution in [3.05, 3.63) is 35.4 Å². The van der Waals surface area contributed by atoms with E-state index >= 15 is 0 Å². The Morgan fingerprint density at radius 1 is 1.27 bits per heavy atom. The third-order valence-corrected chi connectivity index (χ3v) is 5.61. The maximum atomic E-state index is 12.7. The molecule has 2 heterocycles. The van der Waals surface area contributed by atoms with E-state index in [-0.39, 0.29) is 41.8 Å². The molecule has 142 valence electrons. The Morgan fingerprint density at radius 3 is 2.62 bits per heavy atom. The molecule has 2 aliphatic heterocycles. The molecule has 3 amide bonds. The van der Waals surface area contributed by atoms with Crippen LogP contribution < -0.4 is 5.32 Å². The number of carbonyl (C=O) groups excluding carboxylic acids is 3. The highest BCUT2D eigenvalue weighted by atomic mass is 35.5. The van der Waals surface area contributed by atoms with Gasteiger partial charge in [0.25, 0.3) is 11.1 Å². The largest absolute Gasteiger partial charge is 0.339 e. The Labute approximate surface area is 164 Å². The van der Waals surface area contributed by atoms with Gasteiger partial charge in [-0.2, -0.15) is 0 Å². The smallest absolute Gasteiger partial charge is 0.289 e. The minimum atomic E-state index is -0.215. The number of benzene rings is 1. The van der Waals surface area contributed by atoms with E-state index < -0.39 is 0 Å². The molecule has 1 aromatic carbocycles. The molecule has 1 aromatic rings. The maximum absolute atomic E-state index is 12.7. The summed E-state index contributed by atoms with van der Waals surface area (Å²) < 4.78 is 0. The van der Waals surface area contributed by atoms with Gasteiger partial charge in [0.05, 0.1) is 12.3 Å². The van der Waals surface area contributed by atoms with Crippen molar-refractivity contribution in [3.63, 3.8) is 0 Å². The van der Waals surface area contributed by atoms with E-state index in [1.54, 1.807) is 12.1 Å². The van der Waals surface area contributed by atoms with Crippen LogP contribution in [-0.2, 0) is 11.3 Å². The van der Waals surface area contributed by atoms with E-state index in [1.165, 1.54) is 4.90 Å². The number of likely N-dealkylation sites (tertiary alicyclic amines) is 1. The lowest BCUT2D eigenvalue weighted by atomic mass is 9.96. The fourth-order valence-corrected chi connectivity index (χ4v) is 4.06. The van der Waals surface area contributed by atoms with Gasteiger partial charge in [-0.15, -0.1) is 12.4 Å². The molecule has 0 spiro atoms. The number of imide groups is 1. The van der Waals surface area contributed by atoms with Crippen LogP contribution in [0.1, 0.15) is 28.8 Å². The van der Waals surface area contributed by atoms with Crippen molar-refractivity contribution < 1.29 is 14.4 Å². The topological polar surface area (TPSA) is 69.7 Å². The van der Waals surface area contributed by atoms with Crippen LogP contribution in [0.4, 0.5) is 4.79 Å². The summed E-state index contributed by atoms with van der Waals surface area (Å²) in [6.45, 7) is 2.77. The summed E-state index contributed by atoms with van der Waals surface area (Å²) in [6.07, 6.45) is 2.03. The lowest BCUT2D eigenvalue weighted by Crippen LogP contribution is -2.40. The van der Waals surface area contributed by atoms with E-state index in [0.29, 0.717) is 11.5 Å². The van der Waals surface area contributed by atoms with Crippen molar-refractivity contribution in [2.45, 2.75) is 19.4 Å². The van der Waals surface area contributed by atoms with E-state index in [9.17, 15) is 14.4 Å². The summed E-state index contributed by atoms with van der Waals surface area (Å²) in [5.41, 5.74) is 1.43. The molecule has 6 nitrogen and oxygen atoms in total. The molecule has 0 atom stereocenters. The Balaban J connectivity index is 0.00000243. The fraction of sp³-hybridized carbons (Fsp3) is 0.500. The number of rotatable bonds is 5. The minimum absolute atomic E-state index is 0. The first-order chi connectivity index (χ1) is 12.1. The summed E-state index contributed by atoms with van der Waals surface area (Å²) >= 11 is 1.03. The number of amides is 3. The van der Waals surface area contributed by atoms with Gasteiger partial charge in [0.1, 0.15) is 0 Å². The number of nitrogens with one attached hydrogen (secondary N) is 1. The van der Waals surface area contributed by atoms with Crippen LogP contribution in [0, 0.1) is 5.92 Å². The van der Waals surface area contributed by atoms with Crippen molar-refractivity contribution in [3.8, 4) is 0 Å². The molecule has 0 saturated carbocycles. The van der Waals surface area contributed by atoms with Gasteiger partial charge >= 0.3 is 0 Å². The predicted octanol–water partition coefficient (Wildman–Crippen LogP) is 2.38. The first-order valence-corrected chi connectivity index (χ1v) is 9.57. The van der Waals surface area contributed by atoms with Gasteiger partial charge in [-0.1, -0.05) is 23.9 Å². The number of hydrogen-bond acceptors (Lipinski definition) is 5. The molecule has 2 saturated heterocycles. The zero-order chi connectivity index (χ0) is 17.8. The summed E-state index contributed by atoms with van der Waals surface area (Å²) in [7, 11) is 1.96. The van der Waals surface area contributed by atoms with Crippen molar-refractivity contribution >= 4 is 41.2 Å². The third kappa shape index (κ3) is 4.78. The number of nitrogens with zero attached hydrogens (tertiary/aromatic N) is 2. The molecular formula is C18H24ClN3O3S. The van der Waals surface area contributed by atoms with Crippen LogP contribution in [0.5, 0.6) is 0 Å². The van der Waals surface area contributed by atoms with Gasteiger partial charge in [0, 0.05) is 18.7 Å². The molecule has 0 radical (unpaired) electrons. The average Bonchev–Trinajstić information content (AvgIpc) is 2.94. The Morgan fingerprint density at radius 2 is 2.00 bits per heavy atom. The second kappa shape index (κ2) is 9.39. The van der Waals surface area contributed by atoms with E-state index in [0.717, 1.165) is 49.8 Å². The van der Waals surface area contributed by atoms with Crippen molar-refractivity contribution in [1.82, 2.24) is 15.1 Å². The number of piperidine rings is 1. The number of thioether (sulfide) groups is 1. The average molecular weight is 398 g/mol. The minimum Gasteiger partial charge on any atom is -0.339 e. The molecule has 0 unspecified atom stereocenters. The van der Waals surface area contributed by atoms with Crippen LogP contribution in [-0.4, -0.2) is 59.3 Å². The van der Waals surface area contributed by atoms with Crippen molar-refractivity contribution in [1.29, 1.82) is 0 Å². The summed E-state index contributed by atoms with van der Waals surface area (Å²) in [6, 6.07) is 7.26. The van der Waals surface area contributed by atoms with Crippen LogP contribution in [0.15, 0.2) is 24.3 Å². The van der Waals surface area contributed by atoms with Gasteiger partial charge in [0.2, 0.25) is 5.91 Å². The molecule has 0 bridgehead atoms. The van der Waals surface area contributed by atoms with Gasteiger partial charge in [-0.25, -0.2) is 0 Å². The van der Waals surface area contributed by atoms with E-state index in [1.807, 2.05) is 24.1 Å². The predicted molar refractivity (Wildman–Crippen MR) is 105 cm³/mol. The first-order valence-electron chi connectivity index (χ1n) is 8.58. The van der Waals surface area contributed by atoms with Crippen molar-refractivity contribution in [2.24, 2.45) is 5.92 Å². The number of halogens is 1. The molecular weight excluding hydrogens is 374 g/mol. The zero-order valence-electron chi connectivity index (χ0n) is 14.8. The van der Waals surface area contributed by atoms with Crippen LogP contribution in [0.2, 0.25) is 0 Å². The SMILES string of the molecule is CNCC1CCN(C(=O)c2cccc(CN3C(=O)CSC3=O)c2)CC1.Cl. The number of carbonyl (C=O) groups is 3. The quantitative estimate of drug-likeness (QED) is 0.826. The van der Waals surface area contributed by atoms with E-state index in [4.69, 9.17) is 0 Å². The van der Waals surface area contributed by atoms with Gasteiger partial charge in [-0.3, -0.25) is 19.3 Å².